The summed E-state index contributed by atoms with van der Waals surface area (Å²) in [5.41, 5.74) is 0.730. The zero-order valence-corrected chi connectivity index (χ0v) is 14.9. The molecule has 7 heteroatoms. The average Bonchev–Trinajstić information content (AvgIpc) is 3.09. The van der Waals surface area contributed by atoms with Crippen LogP contribution in [-0.4, -0.2) is 43.6 Å². The van der Waals surface area contributed by atoms with Crippen LogP contribution in [0.15, 0.2) is 24.3 Å². The van der Waals surface area contributed by atoms with Crippen molar-refractivity contribution in [1.29, 1.82) is 0 Å². The fraction of sp³-hybridized carbons (Fsp3) is 0.556. The van der Waals surface area contributed by atoms with Crippen molar-refractivity contribution in [2.24, 2.45) is 5.92 Å². The summed E-state index contributed by atoms with van der Waals surface area (Å²) < 4.78 is 0. The fourth-order valence-corrected chi connectivity index (χ4v) is 4.43. The second kappa shape index (κ2) is 7.12. The van der Waals surface area contributed by atoms with Gasteiger partial charge in [-0.2, -0.15) is 4.80 Å². The number of likely N-dealkylation sites (tertiary alicyclic amines) is 1. The van der Waals surface area contributed by atoms with E-state index in [1.807, 2.05) is 18.2 Å². The number of hydrogen-bond acceptors (Lipinski definition) is 4. The largest absolute Gasteiger partial charge is 0.338 e. The molecule has 1 aromatic carbocycles. The number of halogens is 1. The third kappa shape index (κ3) is 3.40. The van der Waals surface area contributed by atoms with Crippen molar-refractivity contribution in [2.75, 3.05) is 6.54 Å². The van der Waals surface area contributed by atoms with Gasteiger partial charge < -0.3 is 4.90 Å². The molecule has 2 aliphatic rings. The molecule has 1 saturated heterocycles. The zero-order valence-electron chi connectivity index (χ0n) is 14.1. The molecule has 2 atom stereocenters. The summed E-state index contributed by atoms with van der Waals surface area (Å²) in [5.74, 6) is 1.22. The zero-order chi connectivity index (χ0) is 17.2. The smallest absolute Gasteiger partial charge is 0.246 e. The molecule has 2 heterocycles. The Hall–Kier alpha value is -1.95. The Morgan fingerprint density at radius 1 is 1.16 bits per heavy atom. The van der Waals surface area contributed by atoms with Crippen molar-refractivity contribution in [3.05, 3.63) is 29.3 Å². The maximum absolute atomic E-state index is 12.8. The number of carbonyl (C=O) groups excluding carboxylic acids is 1. The highest BCUT2D eigenvalue weighted by Gasteiger charge is 2.35. The molecule has 25 heavy (non-hydrogen) atoms. The van der Waals surface area contributed by atoms with Crippen LogP contribution in [0, 0.1) is 5.92 Å². The van der Waals surface area contributed by atoms with Gasteiger partial charge in [-0.15, -0.1) is 10.2 Å². The Labute approximate surface area is 152 Å². The van der Waals surface area contributed by atoms with E-state index in [9.17, 15) is 4.79 Å². The summed E-state index contributed by atoms with van der Waals surface area (Å²) in [5, 5.41) is 13.0. The average molecular weight is 360 g/mol. The molecule has 1 aliphatic carbocycles. The molecule has 6 nitrogen and oxygen atoms in total. The molecule has 2 fully saturated rings. The lowest BCUT2D eigenvalue weighted by atomic mass is 9.78. The third-order valence-electron chi connectivity index (χ3n) is 5.41. The SMILES string of the molecule is O=C(Cn1nnc(-c2ccccc2Cl)n1)N1CCC[C@H]2CCCC[C@@H]21. The van der Waals surface area contributed by atoms with Gasteiger partial charge in [0, 0.05) is 18.2 Å². The molecule has 0 radical (unpaired) electrons. The van der Waals surface area contributed by atoms with E-state index in [4.69, 9.17) is 11.6 Å². The number of nitrogens with zero attached hydrogens (tertiary/aromatic N) is 5. The van der Waals surface area contributed by atoms with E-state index < -0.39 is 0 Å². The van der Waals surface area contributed by atoms with Crippen LogP contribution < -0.4 is 0 Å². The van der Waals surface area contributed by atoms with Crippen LogP contribution in [-0.2, 0) is 11.3 Å². The predicted molar refractivity (Wildman–Crippen MR) is 95.0 cm³/mol. The quantitative estimate of drug-likeness (QED) is 0.844. The Morgan fingerprint density at radius 2 is 1.96 bits per heavy atom. The lowest BCUT2D eigenvalue weighted by molar-refractivity contribution is -0.138. The van der Waals surface area contributed by atoms with E-state index in [0.717, 1.165) is 24.9 Å². The molecule has 1 saturated carbocycles. The number of rotatable bonds is 3. The number of carbonyl (C=O) groups is 1. The van der Waals surface area contributed by atoms with E-state index >= 15 is 0 Å². The second-order valence-corrected chi connectivity index (χ2v) is 7.37. The first-order valence-corrected chi connectivity index (χ1v) is 9.42. The maximum atomic E-state index is 12.8. The lowest BCUT2D eigenvalue weighted by Crippen LogP contribution is -2.50. The highest BCUT2D eigenvalue weighted by Crippen LogP contribution is 2.35. The van der Waals surface area contributed by atoms with Crippen molar-refractivity contribution in [1.82, 2.24) is 25.1 Å². The fourth-order valence-electron chi connectivity index (χ4n) is 4.21. The number of fused-ring (bicyclic) bond motifs is 1. The van der Waals surface area contributed by atoms with Gasteiger partial charge in [0.2, 0.25) is 11.7 Å². The molecular formula is C18H22ClN5O. The molecule has 0 unspecified atom stereocenters. The summed E-state index contributed by atoms with van der Waals surface area (Å²) in [4.78, 5) is 16.3. The van der Waals surface area contributed by atoms with Crippen LogP contribution in [0.2, 0.25) is 5.02 Å². The summed E-state index contributed by atoms with van der Waals surface area (Å²) in [6.45, 7) is 0.993. The van der Waals surface area contributed by atoms with Crippen LogP contribution >= 0.6 is 11.6 Å². The van der Waals surface area contributed by atoms with Gasteiger partial charge in [-0.1, -0.05) is 36.6 Å². The number of hydrogen-bond donors (Lipinski definition) is 0. The monoisotopic (exact) mass is 359 g/mol. The molecule has 4 rings (SSSR count). The summed E-state index contributed by atoms with van der Waals surface area (Å²) in [7, 11) is 0. The van der Waals surface area contributed by atoms with E-state index in [-0.39, 0.29) is 12.5 Å². The van der Waals surface area contributed by atoms with Crippen LogP contribution in [0.25, 0.3) is 11.4 Å². The van der Waals surface area contributed by atoms with Gasteiger partial charge in [0.25, 0.3) is 0 Å². The summed E-state index contributed by atoms with van der Waals surface area (Å²) >= 11 is 6.18. The summed E-state index contributed by atoms with van der Waals surface area (Å²) in [6.07, 6.45) is 7.27. The predicted octanol–water partition coefficient (Wildman–Crippen LogP) is 3.17. The molecule has 0 spiro atoms. The molecular weight excluding hydrogens is 338 g/mol. The Bertz CT molecular complexity index is 759. The molecule has 1 aromatic heterocycles. The number of benzene rings is 1. The van der Waals surface area contributed by atoms with Gasteiger partial charge in [-0.05, 0) is 48.9 Å². The first kappa shape index (κ1) is 16.5. The van der Waals surface area contributed by atoms with Crippen molar-refractivity contribution < 1.29 is 4.79 Å². The van der Waals surface area contributed by atoms with Crippen LogP contribution in [0.4, 0.5) is 0 Å². The second-order valence-electron chi connectivity index (χ2n) is 6.96. The number of amides is 1. The molecule has 132 valence electrons. The first-order chi connectivity index (χ1) is 12.2. The van der Waals surface area contributed by atoms with Gasteiger partial charge in [0.15, 0.2) is 0 Å². The third-order valence-corrected chi connectivity index (χ3v) is 5.74. The maximum Gasteiger partial charge on any atom is 0.246 e. The van der Waals surface area contributed by atoms with E-state index in [2.05, 4.69) is 20.3 Å². The molecule has 2 aromatic rings. The minimum atomic E-state index is 0.0970. The van der Waals surface area contributed by atoms with Gasteiger partial charge >= 0.3 is 0 Å². The normalized spacial score (nSPS) is 23.3. The van der Waals surface area contributed by atoms with Crippen molar-refractivity contribution >= 4 is 17.5 Å². The van der Waals surface area contributed by atoms with Gasteiger partial charge in [-0.25, -0.2) is 0 Å². The minimum Gasteiger partial charge on any atom is -0.338 e. The number of tetrazole rings is 1. The Morgan fingerprint density at radius 3 is 2.84 bits per heavy atom. The van der Waals surface area contributed by atoms with Gasteiger partial charge in [-0.3, -0.25) is 4.79 Å². The lowest BCUT2D eigenvalue weighted by Gasteiger charge is -2.44. The van der Waals surface area contributed by atoms with Gasteiger partial charge in [0.05, 0.1) is 5.02 Å². The molecule has 1 aliphatic heterocycles. The van der Waals surface area contributed by atoms with E-state index in [1.54, 1.807) is 6.07 Å². The molecule has 0 N–H and O–H groups in total. The standard InChI is InChI=1S/C18H22ClN5O/c19-15-9-3-2-8-14(15)18-20-22-24(21-18)12-17(25)23-11-5-7-13-6-1-4-10-16(13)23/h2-3,8-9,13,16H,1,4-7,10-12H2/t13-,16+/m1/s1. The van der Waals surface area contributed by atoms with Crippen molar-refractivity contribution in [2.45, 2.75) is 51.1 Å². The number of piperidine rings is 1. The Balaban J connectivity index is 1.47. The Kier molecular flexibility index (Phi) is 4.70. The highest BCUT2D eigenvalue weighted by molar-refractivity contribution is 6.33. The van der Waals surface area contributed by atoms with Crippen molar-refractivity contribution in [3.8, 4) is 11.4 Å². The first-order valence-electron chi connectivity index (χ1n) is 9.04. The van der Waals surface area contributed by atoms with Crippen LogP contribution in [0.5, 0.6) is 0 Å². The highest BCUT2D eigenvalue weighted by atomic mass is 35.5. The minimum absolute atomic E-state index is 0.0970. The van der Waals surface area contributed by atoms with E-state index in [0.29, 0.717) is 22.8 Å². The van der Waals surface area contributed by atoms with Crippen LogP contribution in [0.1, 0.15) is 38.5 Å². The topological polar surface area (TPSA) is 63.9 Å². The van der Waals surface area contributed by atoms with E-state index in [1.165, 1.54) is 30.5 Å². The van der Waals surface area contributed by atoms with Crippen LogP contribution in [0.3, 0.4) is 0 Å². The summed E-state index contributed by atoms with van der Waals surface area (Å²) in [6, 6.07) is 7.78. The number of aromatic nitrogens is 4. The van der Waals surface area contributed by atoms with Gasteiger partial charge in [0.1, 0.15) is 6.54 Å². The molecule has 1 amide bonds. The molecule has 0 bridgehead atoms. The van der Waals surface area contributed by atoms with Crippen molar-refractivity contribution in [3.63, 3.8) is 0 Å².